The Morgan fingerprint density at radius 2 is 1.87 bits per heavy atom. The van der Waals surface area contributed by atoms with Crippen LogP contribution < -0.4 is 11.1 Å². The molecule has 0 unspecified atom stereocenters. The highest BCUT2D eigenvalue weighted by molar-refractivity contribution is 5.78. The van der Waals surface area contributed by atoms with E-state index in [1.165, 1.54) is 0 Å². The second kappa shape index (κ2) is 3.63. The first-order valence-corrected chi connectivity index (χ1v) is 5.40. The fourth-order valence-corrected chi connectivity index (χ4v) is 2.90. The summed E-state index contributed by atoms with van der Waals surface area (Å²) in [5.74, 6) is 0.0306. The standard InChI is InChI=1S/C12H22N2O/c1-6-7-8(15)14-10-11(2,3)9(13)12(10,4)5/h6,9-10H,1,7,13H2,2-5H3,(H,14,15). The molecule has 1 fully saturated rings. The number of rotatable bonds is 3. The first-order valence-electron chi connectivity index (χ1n) is 5.40. The zero-order valence-electron chi connectivity index (χ0n) is 10.1. The Bertz CT molecular complexity index is 265. The van der Waals surface area contributed by atoms with E-state index in [0.717, 1.165) is 0 Å². The van der Waals surface area contributed by atoms with Crippen LogP contribution in [0.2, 0.25) is 0 Å². The summed E-state index contributed by atoms with van der Waals surface area (Å²) in [5.41, 5.74) is 6.05. The Labute approximate surface area is 92.1 Å². The lowest BCUT2D eigenvalue weighted by atomic mass is 9.48. The molecule has 1 aliphatic rings. The highest BCUT2D eigenvalue weighted by Gasteiger charge is 2.60. The quantitative estimate of drug-likeness (QED) is 0.693. The van der Waals surface area contributed by atoms with Crippen molar-refractivity contribution in [2.75, 3.05) is 0 Å². The third-order valence-corrected chi connectivity index (χ3v) is 3.73. The van der Waals surface area contributed by atoms with Gasteiger partial charge in [-0.1, -0.05) is 33.8 Å². The van der Waals surface area contributed by atoms with E-state index in [1.807, 2.05) is 0 Å². The van der Waals surface area contributed by atoms with Gasteiger partial charge in [-0.3, -0.25) is 4.79 Å². The molecule has 0 aromatic rings. The van der Waals surface area contributed by atoms with Crippen LogP contribution in [0.5, 0.6) is 0 Å². The van der Waals surface area contributed by atoms with E-state index in [9.17, 15) is 4.79 Å². The summed E-state index contributed by atoms with van der Waals surface area (Å²) in [7, 11) is 0. The number of carbonyl (C=O) groups excluding carboxylic acids is 1. The molecule has 0 saturated heterocycles. The average molecular weight is 210 g/mol. The Hall–Kier alpha value is -0.830. The largest absolute Gasteiger partial charge is 0.352 e. The van der Waals surface area contributed by atoms with Crippen molar-refractivity contribution in [2.24, 2.45) is 16.6 Å². The van der Waals surface area contributed by atoms with Crippen LogP contribution in [0.15, 0.2) is 12.7 Å². The molecule has 1 saturated carbocycles. The lowest BCUT2D eigenvalue weighted by Crippen LogP contribution is -2.76. The van der Waals surface area contributed by atoms with E-state index >= 15 is 0 Å². The highest BCUT2D eigenvalue weighted by Crippen LogP contribution is 2.52. The molecule has 3 heteroatoms. The average Bonchev–Trinajstić information content (AvgIpc) is 2.13. The van der Waals surface area contributed by atoms with Crippen LogP contribution >= 0.6 is 0 Å². The monoisotopic (exact) mass is 210 g/mol. The molecule has 0 atom stereocenters. The van der Waals surface area contributed by atoms with Gasteiger partial charge in [0, 0.05) is 29.3 Å². The SMILES string of the molecule is C=CCC(=O)NC1C(C)(C)C(N)C1(C)C. The van der Waals surface area contributed by atoms with Gasteiger partial charge in [0.2, 0.25) is 5.91 Å². The molecule has 1 amide bonds. The fraction of sp³-hybridized carbons (Fsp3) is 0.750. The molecule has 0 aromatic carbocycles. The number of hydrogen-bond acceptors (Lipinski definition) is 2. The number of nitrogens with one attached hydrogen (secondary N) is 1. The van der Waals surface area contributed by atoms with Gasteiger partial charge in [-0.25, -0.2) is 0 Å². The maximum absolute atomic E-state index is 11.5. The van der Waals surface area contributed by atoms with Crippen molar-refractivity contribution >= 4 is 5.91 Å². The molecule has 0 heterocycles. The van der Waals surface area contributed by atoms with Gasteiger partial charge in [0.05, 0.1) is 0 Å². The molecule has 0 bridgehead atoms. The van der Waals surface area contributed by atoms with Crippen molar-refractivity contribution in [3.8, 4) is 0 Å². The van der Waals surface area contributed by atoms with Crippen LogP contribution in [-0.4, -0.2) is 18.0 Å². The predicted molar refractivity (Wildman–Crippen MR) is 62.3 cm³/mol. The van der Waals surface area contributed by atoms with Gasteiger partial charge in [-0.15, -0.1) is 6.58 Å². The zero-order valence-corrected chi connectivity index (χ0v) is 10.1. The summed E-state index contributed by atoms with van der Waals surface area (Å²) in [4.78, 5) is 11.5. The number of hydrogen-bond donors (Lipinski definition) is 2. The smallest absolute Gasteiger partial charge is 0.224 e. The van der Waals surface area contributed by atoms with Crippen LogP contribution in [0.3, 0.4) is 0 Å². The normalized spacial score (nSPS) is 31.5. The van der Waals surface area contributed by atoms with E-state index < -0.39 is 0 Å². The Balaban J connectivity index is 2.69. The molecule has 0 spiro atoms. The molecular weight excluding hydrogens is 188 g/mol. The first kappa shape index (κ1) is 12.2. The summed E-state index contributed by atoms with van der Waals surface area (Å²) >= 11 is 0. The minimum absolute atomic E-state index is 0.0275. The Morgan fingerprint density at radius 3 is 2.27 bits per heavy atom. The number of carbonyl (C=O) groups is 1. The van der Waals surface area contributed by atoms with Crippen LogP contribution in [0.1, 0.15) is 34.1 Å². The number of amides is 1. The van der Waals surface area contributed by atoms with E-state index in [2.05, 4.69) is 39.6 Å². The molecule has 1 aliphatic carbocycles. The molecule has 1 rings (SSSR count). The van der Waals surface area contributed by atoms with Gasteiger partial charge >= 0.3 is 0 Å². The van der Waals surface area contributed by atoms with E-state index in [1.54, 1.807) is 6.08 Å². The fourth-order valence-electron chi connectivity index (χ4n) is 2.90. The van der Waals surface area contributed by atoms with Gasteiger partial charge in [-0.05, 0) is 0 Å². The van der Waals surface area contributed by atoms with E-state index in [4.69, 9.17) is 5.73 Å². The lowest BCUT2D eigenvalue weighted by Gasteiger charge is -2.62. The summed E-state index contributed by atoms with van der Waals surface area (Å²) in [6.07, 6.45) is 1.99. The van der Waals surface area contributed by atoms with Gasteiger partial charge in [0.25, 0.3) is 0 Å². The minimum atomic E-state index is -0.0275. The third-order valence-electron chi connectivity index (χ3n) is 3.73. The first-order chi connectivity index (χ1) is 6.74. The molecule has 0 radical (unpaired) electrons. The topological polar surface area (TPSA) is 55.1 Å². The van der Waals surface area contributed by atoms with Crippen LogP contribution in [0.25, 0.3) is 0 Å². The highest BCUT2D eigenvalue weighted by atomic mass is 16.1. The van der Waals surface area contributed by atoms with Crippen molar-refractivity contribution in [3.63, 3.8) is 0 Å². The summed E-state index contributed by atoms with van der Waals surface area (Å²) < 4.78 is 0. The summed E-state index contributed by atoms with van der Waals surface area (Å²) in [6, 6.07) is 0.270. The molecule has 3 N–H and O–H groups in total. The lowest BCUT2D eigenvalue weighted by molar-refractivity contribution is -0.131. The Kier molecular flexibility index (Phi) is 2.97. The molecular formula is C12H22N2O. The summed E-state index contributed by atoms with van der Waals surface area (Å²) in [6.45, 7) is 11.9. The van der Waals surface area contributed by atoms with Gasteiger partial charge < -0.3 is 11.1 Å². The van der Waals surface area contributed by atoms with Crippen LogP contribution in [-0.2, 0) is 4.79 Å². The maximum Gasteiger partial charge on any atom is 0.224 e. The van der Waals surface area contributed by atoms with Crippen molar-refractivity contribution in [3.05, 3.63) is 12.7 Å². The minimum Gasteiger partial charge on any atom is -0.352 e. The molecule has 3 nitrogen and oxygen atoms in total. The maximum atomic E-state index is 11.5. The number of nitrogens with two attached hydrogens (primary N) is 1. The second-order valence-corrected chi connectivity index (χ2v) is 5.61. The van der Waals surface area contributed by atoms with Crippen LogP contribution in [0, 0.1) is 10.8 Å². The van der Waals surface area contributed by atoms with Gasteiger partial charge in [0.15, 0.2) is 0 Å². The van der Waals surface area contributed by atoms with Crippen molar-refractivity contribution in [1.82, 2.24) is 5.32 Å². The second-order valence-electron chi connectivity index (χ2n) is 5.61. The van der Waals surface area contributed by atoms with E-state index in [0.29, 0.717) is 6.42 Å². The van der Waals surface area contributed by atoms with Crippen molar-refractivity contribution < 1.29 is 4.79 Å². The zero-order chi connectivity index (χ0) is 11.9. The van der Waals surface area contributed by atoms with E-state index in [-0.39, 0.29) is 28.8 Å². The molecule has 0 aromatic heterocycles. The summed E-state index contributed by atoms with van der Waals surface area (Å²) in [5, 5.41) is 3.04. The van der Waals surface area contributed by atoms with Crippen LogP contribution in [0.4, 0.5) is 0 Å². The van der Waals surface area contributed by atoms with Crippen molar-refractivity contribution in [1.29, 1.82) is 0 Å². The van der Waals surface area contributed by atoms with Crippen molar-refractivity contribution in [2.45, 2.75) is 46.2 Å². The predicted octanol–water partition coefficient (Wildman–Crippen LogP) is 1.44. The Morgan fingerprint density at radius 1 is 1.40 bits per heavy atom. The molecule has 0 aliphatic heterocycles. The third kappa shape index (κ3) is 1.81. The van der Waals surface area contributed by atoms with Gasteiger partial charge in [0.1, 0.15) is 0 Å². The van der Waals surface area contributed by atoms with Gasteiger partial charge in [-0.2, -0.15) is 0 Å². The molecule has 86 valence electrons. The molecule has 15 heavy (non-hydrogen) atoms.